The molecule has 184 valence electrons. The SMILES string of the molecule is COc1cc(-c2nc3occn3c2-c2ccnc(NCCCS(=O)(=O)c3ccccc3)n2)ccc1F. The highest BCUT2D eigenvalue weighted by Gasteiger charge is 2.21. The highest BCUT2D eigenvalue weighted by molar-refractivity contribution is 7.91. The van der Waals surface area contributed by atoms with Crippen LogP contribution in [-0.2, 0) is 9.84 Å². The summed E-state index contributed by atoms with van der Waals surface area (Å²) in [6.07, 6.45) is 5.20. The number of ether oxygens (including phenoxy) is 1. The molecule has 0 atom stereocenters. The Morgan fingerprint density at radius 3 is 2.75 bits per heavy atom. The van der Waals surface area contributed by atoms with Crippen LogP contribution in [0, 0.1) is 5.82 Å². The number of benzene rings is 2. The van der Waals surface area contributed by atoms with E-state index in [0.29, 0.717) is 52.3 Å². The standard InChI is InChI=1S/C25H22FN5O4S/c1-34-21-16-17(8-9-19(21)26)22-23(31-13-14-35-25(31)30-22)20-10-12-28-24(29-20)27-11-5-15-36(32,33)18-6-3-2-4-7-18/h2-4,6-10,12-14,16H,5,11,15H2,1H3,(H,27,28,29). The molecular weight excluding hydrogens is 485 g/mol. The number of anilines is 1. The number of halogens is 1. The van der Waals surface area contributed by atoms with Crippen molar-refractivity contribution in [2.45, 2.75) is 11.3 Å². The molecule has 0 amide bonds. The summed E-state index contributed by atoms with van der Waals surface area (Å²) < 4.78 is 51.3. The second-order valence-corrected chi connectivity index (χ2v) is 10.0. The first-order chi connectivity index (χ1) is 17.5. The largest absolute Gasteiger partial charge is 0.494 e. The third kappa shape index (κ3) is 4.65. The predicted octanol–water partition coefficient (Wildman–Crippen LogP) is 4.47. The van der Waals surface area contributed by atoms with E-state index in [1.54, 1.807) is 65.3 Å². The van der Waals surface area contributed by atoms with Crippen molar-refractivity contribution in [3.05, 3.63) is 79.1 Å². The molecule has 0 saturated carbocycles. The number of methoxy groups -OCH3 is 1. The van der Waals surface area contributed by atoms with Gasteiger partial charge in [0.05, 0.1) is 23.5 Å². The van der Waals surface area contributed by atoms with Crippen LogP contribution in [0.15, 0.2) is 82.6 Å². The van der Waals surface area contributed by atoms with Crippen molar-refractivity contribution in [2.75, 3.05) is 24.7 Å². The Kier molecular flexibility index (Phi) is 6.38. The van der Waals surface area contributed by atoms with Crippen LogP contribution in [0.5, 0.6) is 5.75 Å². The highest BCUT2D eigenvalue weighted by Crippen LogP contribution is 2.34. The molecule has 2 aromatic carbocycles. The number of rotatable bonds is 9. The Hall–Kier alpha value is -4.25. The van der Waals surface area contributed by atoms with Crippen LogP contribution in [0.4, 0.5) is 10.3 Å². The quantitative estimate of drug-likeness (QED) is 0.291. The monoisotopic (exact) mass is 507 g/mol. The molecule has 1 N–H and O–H groups in total. The number of sulfone groups is 1. The third-order valence-corrected chi connectivity index (χ3v) is 7.38. The first kappa shape index (κ1) is 23.5. The van der Waals surface area contributed by atoms with Crippen LogP contribution in [0.3, 0.4) is 0 Å². The molecule has 0 unspecified atom stereocenters. The molecule has 11 heteroatoms. The van der Waals surface area contributed by atoms with E-state index >= 15 is 0 Å². The second kappa shape index (κ2) is 9.78. The summed E-state index contributed by atoms with van der Waals surface area (Å²) in [5, 5.41) is 3.09. The Bertz CT molecular complexity index is 1620. The fourth-order valence-electron chi connectivity index (χ4n) is 3.82. The lowest BCUT2D eigenvalue weighted by atomic mass is 10.1. The summed E-state index contributed by atoms with van der Waals surface area (Å²) in [5.41, 5.74) is 2.34. The number of nitrogens with one attached hydrogen (secondary N) is 1. The van der Waals surface area contributed by atoms with E-state index in [1.807, 2.05) is 0 Å². The molecule has 3 heterocycles. The van der Waals surface area contributed by atoms with Crippen molar-refractivity contribution in [1.82, 2.24) is 19.4 Å². The average Bonchev–Trinajstić information content (AvgIpc) is 3.49. The zero-order chi connectivity index (χ0) is 25.1. The first-order valence-corrected chi connectivity index (χ1v) is 12.8. The van der Waals surface area contributed by atoms with Gasteiger partial charge in [-0.1, -0.05) is 18.2 Å². The minimum absolute atomic E-state index is 0.00147. The number of hydrogen-bond donors (Lipinski definition) is 1. The molecule has 3 aromatic heterocycles. The number of oxazole rings is 1. The highest BCUT2D eigenvalue weighted by atomic mass is 32.2. The number of hydrogen-bond acceptors (Lipinski definition) is 8. The van der Waals surface area contributed by atoms with Gasteiger partial charge >= 0.3 is 5.84 Å². The van der Waals surface area contributed by atoms with E-state index in [1.165, 1.54) is 19.4 Å². The van der Waals surface area contributed by atoms with Gasteiger partial charge in [0.2, 0.25) is 5.95 Å². The summed E-state index contributed by atoms with van der Waals surface area (Å²) in [7, 11) is -1.96. The van der Waals surface area contributed by atoms with Crippen molar-refractivity contribution in [2.24, 2.45) is 0 Å². The minimum atomic E-state index is -3.36. The van der Waals surface area contributed by atoms with E-state index in [4.69, 9.17) is 9.15 Å². The van der Waals surface area contributed by atoms with E-state index in [2.05, 4.69) is 20.3 Å². The summed E-state index contributed by atoms with van der Waals surface area (Å²) >= 11 is 0. The van der Waals surface area contributed by atoms with Crippen LogP contribution in [0.2, 0.25) is 0 Å². The van der Waals surface area contributed by atoms with Gasteiger partial charge in [0.1, 0.15) is 17.7 Å². The lowest BCUT2D eigenvalue weighted by molar-refractivity contribution is 0.387. The summed E-state index contributed by atoms with van der Waals surface area (Å²) in [6.45, 7) is 0.366. The maximum absolute atomic E-state index is 14.0. The van der Waals surface area contributed by atoms with Crippen molar-refractivity contribution in [1.29, 1.82) is 0 Å². The van der Waals surface area contributed by atoms with E-state index < -0.39 is 15.7 Å². The Morgan fingerprint density at radius 2 is 1.94 bits per heavy atom. The molecule has 36 heavy (non-hydrogen) atoms. The molecule has 0 aliphatic carbocycles. The van der Waals surface area contributed by atoms with Crippen molar-refractivity contribution >= 4 is 21.6 Å². The van der Waals surface area contributed by atoms with Crippen molar-refractivity contribution < 1.29 is 22.0 Å². The first-order valence-electron chi connectivity index (χ1n) is 11.1. The number of imidazole rings is 1. The summed E-state index contributed by atoms with van der Waals surface area (Å²) in [4.78, 5) is 13.7. The van der Waals surface area contributed by atoms with Gasteiger partial charge in [0.15, 0.2) is 21.4 Å². The van der Waals surface area contributed by atoms with Crippen molar-refractivity contribution in [3.8, 4) is 28.4 Å². The zero-order valence-corrected chi connectivity index (χ0v) is 20.1. The number of fused-ring (bicyclic) bond motifs is 1. The van der Waals surface area contributed by atoms with Crippen molar-refractivity contribution in [3.63, 3.8) is 0 Å². The van der Waals surface area contributed by atoms with Gasteiger partial charge in [-0.05, 0) is 42.8 Å². The molecule has 0 aliphatic heterocycles. The van der Waals surface area contributed by atoms with Gasteiger partial charge in [0.25, 0.3) is 0 Å². The van der Waals surface area contributed by atoms with Gasteiger partial charge in [0, 0.05) is 24.5 Å². The second-order valence-electron chi connectivity index (χ2n) is 7.89. The van der Waals surface area contributed by atoms with Gasteiger partial charge in [-0.3, -0.25) is 4.40 Å². The van der Waals surface area contributed by atoms with Crippen LogP contribution in [0.25, 0.3) is 28.5 Å². The average molecular weight is 508 g/mol. The maximum Gasteiger partial charge on any atom is 0.306 e. The maximum atomic E-state index is 14.0. The fourth-order valence-corrected chi connectivity index (χ4v) is 5.15. The van der Waals surface area contributed by atoms with E-state index in [0.717, 1.165) is 0 Å². The lowest BCUT2D eigenvalue weighted by Gasteiger charge is -2.09. The normalized spacial score (nSPS) is 11.6. The molecular formula is C25H22FN5O4S. The molecule has 5 rings (SSSR count). The van der Waals surface area contributed by atoms with Crippen LogP contribution >= 0.6 is 0 Å². The number of aromatic nitrogens is 4. The molecule has 9 nitrogen and oxygen atoms in total. The topological polar surface area (TPSA) is 112 Å². The van der Waals surface area contributed by atoms with E-state index in [9.17, 15) is 12.8 Å². The molecule has 0 radical (unpaired) electrons. The van der Waals surface area contributed by atoms with E-state index in [-0.39, 0.29) is 11.5 Å². The third-order valence-electron chi connectivity index (χ3n) is 5.56. The fraction of sp³-hybridized carbons (Fsp3) is 0.160. The molecule has 0 aliphatic rings. The molecule has 5 aromatic rings. The van der Waals surface area contributed by atoms with Gasteiger partial charge in [-0.15, -0.1) is 0 Å². The van der Waals surface area contributed by atoms with Crippen LogP contribution in [0.1, 0.15) is 6.42 Å². The Labute approximate surface area is 206 Å². The smallest absolute Gasteiger partial charge is 0.306 e. The predicted molar refractivity (Wildman–Crippen MR) is 132 cm³/mol. The minimum Gasteiger partial charge on any atom is -0.494 e. The Balaban J connectivity index is 1.38. The Morgan fingerprint density at radius 1 is 1.11 bits per heavy atom. The van der Waals surface area contributed by atoms with Gasteiger partial charge in [-0.25, -0.2) is 22.8 Å². The van der Waals surface area contributed by atoms with Crippen LogP contribution < -0.4 is 10.1 Å². The lowest BCUT2D eigenvalue weighted by Crippen LogP contribution is -2.13. The molecule has 0 fully saturated rings. The zero-order valence-electron chi connectivity index (χ0n) is 19.3. The van der Waals surface area contributed by atoms with Crippen LogP contribution in [-0.4, -0.2) is 47.2 Å². The summed E-state index contributed by atoms with van der Waals surface area (Å²) in [6, 6.07) is 14.6. The molecule has 0 spiro atoms. The molecule has 0 saturated heterocycles. The van der Waals surface area contributed by atoms with Gasteiger partial charge in [-0.2, -0.15) is 4.98 Å². The summed E-state index contributed by atoms with van der Waals surface area (Å²) in [5.74, 6) is 0.304. The number of nitrogens with zero attached hydrogens (tertiary/aromatic N) is 4. The van der Waals surface area contributed by atoms with Gasteiger partial charge < -0.3 is 14.5 Å². The molecule has 0 bridgehead atoms.